The van der Waals surface area contributed by atoms with Crippen molar-refractivity contribution >= 4 is 11.6 Å². The van der Waals surface area contributed by atoms with Gasteiger partial charge in [0.25, 0.3) is 0 Å². The van der Waals surface area contributed by atoms with Crippen LogP contribution in [0.5, 0.6) is 0 Å². The van der Waals surface area contributed by atoms with Crippen molar-refractivity contribution in [2.24, 2.45) is 17.3 Å². The Balaban J connectivity index is 1.24. The largest absolute Gasteiger partial charge is 0.378 e. The van der Waals surface area contributed by atoms with E-state index in [0.717, 1.165) is 49.8 Å². The lowest BCUT2D eigenvalue weighted by Gasteiger charge is -2.27. The van der Waals surface area contributed by atoms with Crippen LogP contribution in [0.1, 0.15) is 40.0 Å². The van der Waals surface area contributed by atoms with Gasteiger partial charge in [-0.05, 0) is 55.2 Å². The van der Waals surface area contributed by atoms with Gasteiger partial charge in [-0.25, -0.2) is 0 Å². The maximum absolute atomic E-state index is 5.40. The molecule has 0 aromatic carbocycles. The van der Waals surface area contributed by atoms with Gasteiger partial charge in [0.05, 0.1) is 13.2 Å². The molecule has 1 aromatic rings. The minimum absolute atomic E-state index is 0.438. The third-order valence-corrected chi connectivity index (χ3v) is 6.34. The van der Waals surface area contributed by atoms with Gasteiger partial charge in [0.2, 0.25) is 0 Å². The summed E-state index contributed by atoms with van der Waals surface area (Å²) in [4.78, 5) is 4.93. The number of hydrogen-bond acceptors (Lipinski definition) is 6. The van der Waals surface area contributed by atoms with Gasteiger partial charge >= 0.3 is 0 Å². The first-order valence-corrected chi connectivity index (χ1v) is 10.6. The first kappa shape index (κ1) is 18.9. The molecule has 2 unspecified atom stereocenters. The van der Waals surface area contributed by atoms with Gasteiger partial charge in [0, 0.05) is 32.2 Å². The summed E-state index contributed by atoms with van der Waals surface area (Å²) in [5.74, 6) is 3.58. The molecule has 0 amide bonds. The zero-order valence-electron chi connectivity index (χ0n) is 17.2. The highest BCUT2D eigenvalue weighted by molar-refractivity contribution is 5.44. The van der Waals surface area contributed by atoms with Crippen molar-refractivity contribution in [2.45, 2.75) is 46.1 Å². The van der Waals surface area contributed by atoms with E-state index >= 15 is 0 Å². The average Bonchev–Trinajstić information content (AvgIpc) is 3.19. The van der Waals surface area contributed by atoms with E-state index in [0.29, 0.717) is 11.5 Å². The predicted molar refractivity (Wildman–Crippen MR) is 109 cm³/mol. The minimum atomic E-state index is 0.438. The molecule has 150 valence electrons. The van der Waals surface area contributed by atoms with Crippen molar-refractivity contribution in [3.63, 3.8) is 0 Å². The van der Waals surface area contributed by atoms with Gasteiger partial charge in [-0.3, -0.25) is 0 Å². The third-order valence-electron chi connectivity index (χ3n) is 6.34. The summed E-state index contributed by atoms with van der Waals surface area (Å²) in [5, 5.41) is 12.5. The fourth-order valence-corrected chi connectivity index (χ4v) is 4.76. The first-order valence-electron chi connectivity index (χ1n) is 10.6. The van der Waals surface area contributed by atoms with E-state index in [4.69, 9.17) is 4.74 Å². The fraction of sp³-hybridized carbons (Fsp3) is 0.810. The maximum Gasteiger partial charge on any atom is 0.151 e. The van der Waals surface area contributed by atoms with E-state index in [1.807, 2.05) is 0 Å². The Labute approximate surface area is 163 Å². The number of fused-ring (bicyclic) bond motifs is 1. The number of ether oxygens (including phenoxy) is 1. The molecule has 0 spiro atoms. The Morgan fingerprint density at radius 1 is 1.07 bits per heavy atom. The summed E-state index contributed by atoms with van der Waals surface area (Å²) in [6, 6.07) is 4.72. The van der Waals surface area contributed by atoms with E-state index in [1.165, 1.54) is 38.9 Å². The fourth-order valence-electron chi connectivity index (χ4n) is 4.76. The normalized spacial score (nSPS) is 29.1. The SMILES string of the molecule is CC(C)(C)CCN1CC2CC(Nc3ccc(N4CCOCC4)nn3)CC2C1. The van der Waals surface area contributed by atoms with E-state index in [2.05, 4.69) is 58.2 Å². The molecule has 1 aromatic heterocycles. The lowest BCUT2D eigenvalue weighted by atomic mass is 9.92. The van der Waals surface area contributed by atoms with Gasteiger partial charge in [0.1, 0.15) is 5.82 Å². The van der Waals surface area contributed by atoms with Crippen LogP contribution in [0.4, 0.5) is 11.6 Å². The van der Waals surface area contributed by atoms with Crippen LogP contribution in [0.15, 0.2) is 12.1 Å². The predicted octanol–water partition coefficient (Wildman–Crippen LogP) is 2.87. The molecule has 3 aliphatic rings. The number of morpholine rings is 1. The van der Waals surface area contributed by atoms with E-state index in [-0.39, 0.29) is 0 Å². The molecule has 27 heavy (non-hydrogen) atoms. The van der Waals surface area contributed by atoms with E-state index in [1.54, 1.807) is 0 Å². The molecule has 2 atom stereocenters. The summed E-state index contributed by atoms with van der Waals surface area (Å²) in [6.45, 7) is 14.2. The second-order valence-electron chi connectivity index (χ2n) is 9.78. The minimum Gasteiger partial charge on any atom is -0.378 e. The molecule has 3 heterocycles. The summed E-state index contributed by atoms with van der Waals surface area (Å²) < 4.78 is 5.40. The second kappa shape index (κ2) is 7.92. The molecule has 6 heteroatoms. The highest BCUT2D eigenvalue weighted by Gasteiger charge is 2.40. The monoisotopic (exact) mass is 373 g/mol. The molecule has 2 saturated heterocycles. The van der Waals surface area contributed by atoms with E-state index < -0.39 is 0 Å². The van der Waals surface area contributed by atoms with Crippen LogP contribution in [0.2, 0.25) is 0 Å². The zero-order valence-corrected chi connectivity index (χ0v) is 17.2. The van der Waals surface area contributed by atoms with Crippen molar-refractivity contribution in [1.29, 1.82) is 0 Å². The molecule has 2 aliphatic heterocycles. The maximum atomic E-state index is 5.40. The lowest BCUT2D eigenvalue weighted by Crippen LogP contribution is -2.36. The summed E-state index contributed by atoms with van der Waals surface area (Å²) in [7, 11) is 0. The number of nitrogens with one attached hydrogen (secondary N) is 1. The molecule has 0 radical (unpaired) electrons. The Kier molecular flexibility index (Phi) is 5.55. The molecule has 0 bridgehead atoms. The highest BCUT2D eigenvalue weighted by atomic mass is 16.5. The molecular formula is C21H35N5O. The quantitative estimate of drug-likeness (QED) is 0.857. The van der Waals surface area contributed by atoms with Gasteiger partial charge in [-0.2, -0.15) is 0 Å². The first-order chi connectivity index (χ1) is 13.0. The summed E-state index contributed by atoms with van der Waals surface area (Å²) >= 11 is 0. The Morgan fingerprint density at radius 2 is 1.78 bits per heavy atom. The number of hydrogen-bond donors (Lipinski definition) is 1. The average molecular weight is 374 g/mol. The number of aromatic nitrogens is 2. The van der Waals surface area contributed by atoms with Crippen LogP contribution in [0.3, 0.4) is 0 Å². The van der Waals surface area contributed by atoms with Crippen LogP contribution >= 0.6 is 0 Å². The van der Waals surface area contributed by atoms with Crippen LogP contribution in [0, 0.1) is 17.3 Å². The molecule has 1 saturated carbocycles. The summed E-state index contributed by atoms with van der Waals surface area (Å²) in [5.41, 5.74) is 0.438. The number of likely N-dealkylation sites (tertiary alicyclic amines) is 1. The van der Waals surface area contributed by atoms with Crippen molar-refractivity contribution in [3.05, 3.63) is 12.1 Å². The number of nitrogens with zero attached hydrogens (tertiary/aromatic N) is 4. The molecule has 3 fully saturated rings. The lowest BCUT2D eigenvalue weighted by molar-refractivity contribution is 0.122. The molecule has 1 N–H and O–H groups in total. The Hall–Kier alpha value is -1.40. The summed E-state index contributed by atoms with van der Waals surface area (Å²) in [6.07, 6.45) is 3.83. The van der Waals surface area contributed by atoms with Gasteiger partial charge in [0.15, 0.2) is 5.82 Å². The van der Waals surface area contributed by atoms with Gasteiger partial charge in [-0.15, -0.1) is 10.2 Å². The van der Waals surface area contributed by atoms with Crippen LogP contribution < -0.4 is 10.2 Å². The Bertz CT molecular complexity index is 594. The van der Waals surface area contributed by atoms with E-state index in [9.17, 15) is 0 Å². The Morgan fingerprint density at radius 3 is 2.37 bits per heavy atom. The van der Waals surface area contributed by atoms with Crippen LogP contribution in [-0.2, 0) is 4.74 Å². The zero-order chi connectivity index (χ0) is 18.9. The van der Waals surface area contributed by atoms with Crippen molar-refractivity contribution < 1.29 is 4.74 Å². The van der Waals surface area contributed by atoms with Crippen molar-refractivity contribution in [1.82, 2.24) is 15.1 Å². The number of rotatable bonds is 5. The second-order valence-corrected chi connectivity index (χ2v) is 9.78. The topological polar surface area (TPSA) is 53.5 Å². The highest BCUT2D eigenvalue weighted by Crippen LogP contribution is 2.39. The standard InChI is InChI=1S/C21H35N5O/c1-21(2,3)6-7-25-14-16-12-18(13-17(16)15-25)22-19-4-5-20(24-23-19)26-8-10-27-11-9-26/h4-5,16-18H,6-15H2,1-3H3,(H,22,23). The molecule has 4 rings (SSSR count). The van der Waals surface area contributed by atoms with Gasteiger partial charge < -0.3 is 19.9 Å². The van der Waals surface area contributed by atoms with Gasteiger partial charge in [-0.1, -0.05) is 20.8 Å². The van der Waals surface area contributed by atoms with Crippen molar-refractivity contribution in [3.8, 4) is 0 Å². The van der Waals surface area contributed by atoms with Crippen LogP contribution in [-0.4, -0.2) is 67.1 Å². The van der Waals surface area contributed by atoms with Crippen LogP contribution in [0.25, 0.3) is 0 Å². The number of anilines is 2. The molecule has 1 aliphatic carbocycles. The van der Waals surface area contributed by atoms with Crippen molar-refractivity contribution in [2.75, 3.05) is 56.2 Å². The smallest absolute Gasteiger partial charge is 0.151 e. The third kappa shape index (κ3) is 4.91. The molecular weight excluding hydrogens is 338 g/mol. The molecule has 6 nitrogen and oxygen atoms in total.